The van der Waals surface area contributed by atoms with Crippen molar-refractivity contribution in [2.24, 2.45) is 5.73 Å². The first kappa shape index (κ1) is 24.6. The van der Waals surface area contributed by atoms with Gasteiger partial charge in [-0.2, -0.15) is 0 Å². The number of ketones is 1. The van der Waals surface area contributed by atoms with Crippen LogP contribution in [0.2, 0.25) is 0 Å². The van der Waals surface area contributed by atoms with Crippen molar-refractivity contribution in [2.75, 3.05) is 20.3 Å². The van der Waals surface area contributed by atoms with E-state index in [1.54, 1.807) is 6.07 Å². The van der Waals surface area contributed by atoms with Crippen molar-refractivity contribution < 1.29 is 28.6 Å². The first-order valence-electron chi connectivity index (χ1n) is 10.7. The molecule has 0 fully saturated rings. The summed E-state index contributed by atoms with van der Waals surface area (Å²) in [5, 5.41) is 0. The van der Waals surface area contributed by atoms with Crippen LogP contribution < -0.4 is 15.2 Å². The molecule has 1 aromatic heterocycles. The lowest BCUT2D eigenvalue weighted by Gasteiger charge is -2.12. The number of aromatic nitrogens is 1. The minimum absolute atomic E-state index is 0.177. The van der Waals surface area contributed by atoms with Crippen LogP contribution in [0.3, 0.4) is 0 Å². The Balaban J connectivity index is 1.73. The van der Waals surface area contributed by atoms with Crippen LogP contribution in [0.5, 0.6) is 11.5 Å². The highest BCUT2D eigenvalue weighted by Crippen LogP contribution is 2.28. The Bertz CT molecular complexity index is 1260. The van der Waals surface area contributed by atoms with Crippen LogP contribution in [-0.2, 0) is 9.53 Å². The quantitative estimate of drug-likeness (QED) is 0.383. The maximum absolute atomic E-state index is 12.9. The van der Waals surface area contributed by atoms with Crippen LogP contribution in [0.1, 0.15) is 43.2 Å². The molecule has 1 amide bonds. The van der Waals surface area contributed by atoms with E-state index in [1.165, 1.54) is 30.9 Å². The summed E-state index contributed by atoms with van der Waals surface area (Å²) in [5.74, 6) is -1.13. The second-order valence-electron chi connectivity index (χ2n) is 8.01. The van der Waals surface area contributed by atoms with Crippen molar-refractivity contribution in [1.82, 2.24) is 4.57 Å². The number of esters is 1. The van der Waals surface area contributed by atoms with Crippen molar-refractivity contribution in [1.29, 1.82) is 0 Å². The molecule has 0 saturated carbocycles. The Morgan fingerprint density at radius 3 is 2.26 bits per heavy atom. The molecule has 0 aliphatic carbocycles. The minimum Gasteiger partial charge on any atom is -0.493 e. The second kappa shape index (κ2) is 10.2. The average molecular weight is 465 g/mol. The van der Waals surface area contributed by atoms with Crippen LogP contribution in [0.4, 0.5) is 0 Å². The summed E-state index contributed by atoms with van der Waals surface area (Å²) in [6.45, 7) is 7.17. The molecule has 8 heteroatoms. The Hall–Kier alpha value is -4.07. The third-order valence-electron chi connectivity index (χ3n) is 5.58. The summed E-state index contributed by atoms with van der Waals surface area (Å²) in [5.41, 5.74) is 10.8. The number of hydrogen-bond acceptors (Lipinski definition) is 6. The van der Waals surface area contributed by atoms with Gasteiger partial charge in [-0.3, -0.25) is 9.59 Å². The molecule has 3 aromatic rings. The molecule has 3 rings (SSSR count). The molecule has 0 saturated heterocycles. The molecule has 178 valence electrons. The highest BCUT2D eigenvalue weighted by atomic mass is 16.5. The third kappa shape index (κ3) is 5.28. The summed E-state index contributed by atoms with van der Waals surface area (Å²) in [7, 11) is 1.40. The zero-order valence-corrected chi connectivity index (χ0v) is 19.9. The third-order valence-corrected chi connectivity index (χ3v) is 5.58. The number of rotatable bonds is 9. The topological polar surface area (TPSA) is 110 Å². The smallest absolute Gasteiger partial charge is 0.338 e. The summed E-state index contributed by atoms with van der Waals surface area (Å²) in [4.78, 5) is 36.3. The number of carbonyl (C=O) groups is 3. The van der Waals surface area contributed by atoms with Crippen LogP contribution in [0.15, 0.2) is 42.5 Å². The molecule has 8 nitrogen and oxygen atoms in total. The molecular weight excluding hydrogens is 436 g/mol. The van der Waals surface area contributed by atoms with Gasteiger partial charge >= 0.3 is 5.97 Å². The van der Waals surface area contributed by atoms with Crippen molar-refractivity contribution in [3.05, 3.63) is 76.1 Å². The zero-order chi connectivity index (χ0) is 25.0. The zero-order valence-electron chi connectivity index (χ0n) is 19.9. The summed E-state index contributed by atoms with van der Waals surface area (Å²) >= 11 is 0. The van der Waals surface area contributed by atoms with Crippen molar-refractivity contribution in [3.63, 3.8) is 0 Å². The molecule has 0 spiro atoms. The van der Waals surface area contributed by atoms with E-state index in [0.29, 0.717) is 5.56 Å². The number of carbonyl (C=O) groups excluding carboxylic acids is 3. The molecule has 2 aromatic carbocycles. The molecule has 0 atom stereocenters. The number of ether oxygens (including phenoxy) is 3. The molecule has 0 radical (unpaired) electrons. The van der Waals surface area contributed by atoms with E-state index in [2.05, 4.69) is 13.0 Å². The maximum Gasteiger partial charge on any atom is 0.338 e. The van der Waals surface area contributed by atoms with E-state index in [-0.39, 0.29) is 29.5 Å². The Morgan fingerprint density at radius 1 is 0.882 bits per heavy atom. The molecule has 34 heavy (non-hydrogen) atoms. The molecular formula is C26H28N2O6. The number of benzene rings is 2. The van der Waals surface area contributed by atoms with Crippen LogP contribution in [-0.4, -0.2) is 42.6 Å². The number of amides is 1. The molecule has 0 bridgehead atoms. The SMILES string of the molecule is COc1cc(C(=O)OCC(=O)c2cc(C)n(-c3ccc(C)c(C)c3)c2C)ccc1OCC(N)=O. The predicted octanol–water partition coefficient (Wildman–Crippen LogP) is 3.62. The van der Waals surface area contributed by atoms with Gasteiger partial charge in [-0.1, -0.05) is 6.07 Å². The normalized spacial score (nSPS) is 10.6. The van der Waals surface area contributed by atoms with Crippen LogP contribution in [0.25, 0.3) is 5.69 Å². The van der Waals surface area contributed by atoms with Crippen LogP contribution >= 0.6 is 0 Å². The van der Waals surface area contributed by atoms with E-state index in [9.17, 15) is 14.4 Å². The number of aryl methyl sites for hydroxylation is 3. The van der Waals surface area contributed by atoms with Gasteiger partial charge in [0.1, 0.15) is 0 Å². The highest BCUT2D eigenvalue weighted by molar-refractivity contribution is 6.00. The summed E-state index contributed by atoms with van der Waals surface area (Å²) in [6, 6.07) is 12.3. The fourth-order valence-corrected chi connectivity index (χ4v) is 3.66. The lowest BCUT2D eigenvalue weighted by molar-refractivity contribution is -0.119. The first-order valence-corrected chi connectivity index (χ1v) is 10.7. The lowest BCUT2D eigenvalue weighted by Crippen LogP contribution is -2.20. The molecule has 0 aliphatic heterocycles. The molecule has 2 N–H and O–H groups in total. The van der Waals surface area contributed by atoms with Gasteiger partial charge in [0.2, 0.25) is 5.78 Å². The van der Waals surface area contributed by atoms with Gasteiger partial charge in [-0.15, -0.1) is 0 Å². The number of nitrogens with two attached hydrogens (primary N) is 1. The van der Waals surface area contributed by atoms with Gasteiger partial charge in [0, 0.05) is 22.6 Å². The number of methoxy groups -OCH3 is 1. The molecule has 0 aliphatic rings. The van der Waals surface area contributed by atoms with Crippen molar-refractivity contribution in [3.8, 4) is 17.2 Å². The van der Waals surface area contributed by atoms with Gasteiger partial charge in [0.15, 0.2) is 24.7 Å². The standard InChI is InChI=1S/C26H28N2O6/c1-15-6-8-20(10-16(15)2)28-17(3)11-21(18(28)4)22(29)13-34-26(31)19-7-9-23(24(12-19)32-5)33-14-25(27)30/h6-12H,13-14H2,1-5H3,(H2,27,30). The number of nitrogens with zero attached hydrogens (tertiary/aromatic N) is 1. The molecule has 1 heterocycles. The first-order chi connectivity index (χ1) is 16.1. The Labute approximate surface area is 198 Å². The van der Waals surface area contributed by atoms with Crippen molar-refractivity contribution >= 4 is 17.7 Å². The number of hydrogen-bond donors (Lipinski definition) is 1. The predicted molar refractivity (Wildman–Crippen MR) is 127 cm³/mol. The highest BCUT2D eigenvalue weighted by Gasteiger charge is 2.20. The Kier molecular flexibility index (Phi) is 7.40. The second-order valence-corrected chi connectivity index (χ2v) is 8.01. The summed E-state index contributed by atoms with van der Waals surface area (Å²) in [6.07, 6.45) is 0. The lowest BCUT2D eigenvalue weighted by atomic mass is 10.1. The summed E-state index contributed by atoms with van der Waals surface area (Å²) < 4.78 is 17.7. The maximum atomic E-state index is 12.9. The average Bonchev–Trinajstić information content (AvgIpc) is 3.11. The van der Waals surface area contributed by atoms with E-state index in [0.717, 1.165) is 22.6 Å². The van der Waals surface area contributed by atoms with Gasteiger partial charge in [0.05, 0.1) is 12.7 Å². The fraction of sp³-hybridized carbons (Fsp3) is 0.269. The Morgan fingerprint density at radius 2 is 1.62 bits per heavy atom. The largest absolute Gasteiger partial charge is 0.493 e. The number of primary amides is 1. The monoisotopic (exact) mass is 464 g/mol. The molecule has 0 unspecified atom stereocenters. The van der Waals surface area contributed by atoms with Gasteiger partial charge in [-0.05, 0) is 75.2 Å². The van der Waals surface area contributed by atoms with E-state index in [1.807, 2.05) is 37.5 Å². The van der Waals surface area contributed by atoms with E-state index >= 15 is 0 Å². The van der Waals surface area contributed by atoms with E-state index < -0.39 is 18.5 Å². The van der Waals surface area contributed by atoms with Crippen LogP contribution in [0, 0.1) is 27.7 Å². The number of Topliss-reactive ketones (excluding diaryl/α,β-unsaturated/α-hetero) is 1. The van der Waals surface area contributed by atoms with Crippen molar-refractivity contribution in [2.45, 2.75) is 27.7 Å². The van der Waals surface area contributed by atoms with E-state index in [4.69, 9.17) is 19.9 Å². The minimum atomic E-state index is -0.684. The fourth-order valence-electron chi connectivity index (χ4n) is 3.66. The van der Waals surface area contributed by atoms with Gasteiger partial charge < -0.3 is 24.5 Å². The van der Waals surface area contributed by atoms with Gasteiger partial charge in [-0.25, -0.2) is 4.79 Å². The van der Waals surface area contributed by atoms with Gasteiger partial charge in [0.25, 0.3) is 5.91 Å².